The van der Waals surface area contributed by atoms with Gasteiger partial charge in [-0.1, -0.05) is 41.1 Å². The first-order valence-electron chi connectivity index (χ1n) is 8.41. The lowest BCUT2D eigenvalue weighted by Gasteiger charge is -2.48. The fourth-order valence-corrected chi connectivity index (χ4v) is 5.33. The zero-order valence-corrected chi connectivity index (χ0v) is 17.0. The van der Waals surface area contributed by atoms with E-state index in [1.807, 2.05) is 29.7 Å². The molecule has 2 aromatic rings. The zero-order chi connectivity index (χ0) is 20.2. The first kappa shape index (κ1) is 18.7. The van der Waals surface area contributed by atoms with Crippen molar-refractivity contribution in [3.63, 3.8) is 0 Å². The summed E-state index contributed by atoms with van der Waals surface area (Å²) in [5.74, 6) is -2.61. The summed E-state index contributed by atoms with van der Waals surface area (Å²) in [4.78, 5) is 0.634. The van der Waals surface area contributed by atoms with E-state index >= 15 is 0 Å². The largest absolute Gasteiger partial charge is 0.443 e. The van der Waals surface area contributed by atoms with Gasteiger partial charge in [0.2, 0.25) is 17.1 Å². The number of rotatable bonds is 2. The topological polar surface area (TPSA) is 114 Å². The molecule has 2 saturated heterocycles. The molecule has 3 heterocycles. The molecule has 0 saturated carbocycles. The van der Waals surface area contributed by atoms with Gasteiger partial charge < -0.3 is 9.47 Å². The third-order valence-electron chi connectivity index (χ3n) is 5.72. The van der Waals surface area contributed by atoms with Crippen LogP contribution in [0, 0.1) is 56.2 Å². The molecule has 1 aromatic heterocycles. The highest BCUT2D eigenvalue weighted by molar-refractivity contribution is 9.10. The van der Waals surface area contributed by atoms with Crippen molar-refractivity contribution in [1.29, 1.82) is 21.2 Å². The van der Waals surface area contributed by atoms with E-state index in [2.05, 4.69) is 22.0 Å². The number of thiophene rings is 1. The van der Waals surface area contributed by atoms with Crippen molar-refractivity contribution in [3.8, 4) is 18.2 Å². The van der Waals surface area contributed by atoms with Crippen molar-refractivity contribution in [2.24, 2.45) is 16.7 Å². The second-order valence-electron chi connectivity index (χ2n) is 6.79. The van der Waals surface area contributed by atoms with Crippen LogP contribution in [0.3, 0.4) is 0 Å². The Labute approximate surface area is 174 Å². The molecule has 8 heteroatoms. The molecule has 0 aliphatic carbocycles. The molecular formula is C20H13BrN4O2S. The Morgan fingerprint density at radius 1 is 1.11 bits per heavy atom. The summed E-state index contributed by atoms with van der Waals surface area (Å²) in [6, 6.07) is 17.0. The highest BCUT2D eigenvalue weighted by Crippen LogP contribution is 2.69. The van der Waals surface area contributed by atoms with Crippen molar-refractivity contribution >= 4 is 33.2 Å². The first-order valence-corrected chi connectivity index (χ1v) is 10.1. The molecule has 138 valence electrons. The van der Waals surface area contributed by atoms with Gasteiger partial charge in [0.05, 0.1) is 24.1 Å². The highest BCUT2D eigenvalue weighted by Gasteiger charge is 2.79. The van der Waals surface area contributed by atoms with Crippen molar-refractivity contribution in [2.75, 3.05) is 0 Å². The van der Waals surface area contributed by atoms with Gasteiger partial charge in [0, 0.05) is 14.9 Å². The zero-order valence-electron chi connectivity index (χ0n) is 14.6. The average molecular weight is 453 g/mol. The van der Waals surface area contributed by atoms with E-state index in [0.717, 1.165) is 4.47 Å². The Kier molecular flexibility index (Phi) is 4.10. The minimum Gasteiger partial charge on any atom is -0.443 e. The van der Waals surface area contributed by atoms with Crippen molar-refractivity contribution in [1.82, 2.24) is 0 Å². The lowest BCUT2D eigenvalue weighted by atomic mass is 9.54. The highest BCUT2D eigenvalue weighted by atomic mass is 79.9. The lowest BCUT2D eigenvalue weighted by molar-refractivity contribution is -0.287. The first-order chi connectivity index (χ1) is 13.4. The van der Waals surface area contributed by atoms with Gasteiger partial charge in [-0.25, -0.2) is 0 Å². The van der Waals surface area contributed by atoms with Crippen LogP contribution in [-0.2, 0) is 15.3 Å². The maximum absolute atomic E-state index is 10.2. The summed E-state index contributed by atoms with van der Waals surface area (Å²) < 4.78 is 13.2. The monoisotopic (exact) mass is 452 g/mol. The molecule has 0 amide bonds. The van der Waals surface area contributed by atoms with E-state index in [9.17, 15) is 15.8 Å². The Balaban J connectivity index is 2.04. The minimum atomic E-state index is -1.92. The summed E-state index contributed by atoms with van der Waals surface area (Å²) in [7, 11) is 0. The summed E-state index contributed by atoms with van der Waals surface area (Å²) in [5, 5.41) is 40.7. The molecule has 4 rings (SSSR count). The van der Waals surface area contributed by atoms with Crippen LogP contribution in [0.5, 0.6) is 0 Å². The van der Waals surface area contributed by atoms with Crippen LogP contribution in [0.15, 0.2) is 46.3 Å². The predicted molar refractivity (Wildman–Crippen MR) is 104 cm³/mol. The van der Waals surface area contributed by atoms with E-state index in [1.54, 1.807) is 31.2 Å². The number of ether oxygens (including phenoxy) is 2. The number of hydrogen-bond donors (Lipinski definition) is 1. The maximum atomic E-state index is 10.2. The van der Waals surface area contributed by atoms with E-state index in [-0.39, 0.29) is 0 Å². The molecule has 1 N–H and O–H groups in total. The van der Waals surface area contributed by atoms with Gasteiger partial charge in [-0.05, 0) is 23.6 Å². The summed E-state index contributed by atoms with van der Waals surface area (Å²) in [5.41, 5.74) is -3.06. The van der Waals surface area contributed by atoms with E-state index < -0.39 is 34.5 Å². The molecular weight excluding hydrogens is 440 g/mol. The van der Waals surface area contributed by atoms with Gasteiger partial charge in [-0.3, -0.25) is 5.41 Å². The van der Waals surface area contributed by atoms with Gasteiger partial charge in [-0.15, -0.1) is 11.3 Å². The molecule has 28 heavy (non-hydrogen) atoms. The van der Waals surface area contributed by atoms with Crippen LogP contribution < -0.4 is 0 Å². The van der Waals surface area contributed by atoms with E-state index in [1.165, 1.54) is 11.3 Å². The molecule has 1 aromatic carbocycles. The molecule has 6 nitrogen and oxygen atoms in total. The minimum absolute atomic E-state index is 0.410. The normalized spacial score (nSPS) is 32.6. The Bertz CT molecular complexity index is 1070. The van der Waals surface area contributed by atoms with Crippen LogP contribution in [0.25, 0.3) is 0 Å². The van der Waals surface area contributed by atoms with Crippen molar-refractivity contribution < 1.29 is 9.47 Å². The second-order valence-corrected chi connectivity index (χ2v) is 8.69. The molecule has 0 radical (unpaired) electrons. The lowest BCUT2D eigenvalue weighted by Crippen LogP contribution is -2.57. The summed E-state index contributed by atoms with van der Waals surface area (Å²) >= 11 is 4.73. The molecule has 2 bridgehead atoms. The quantitative estimate of drug-likeness (QED) is 0.713. The third kappa shape index (κ3) is 1.99. The van der Waals surface area contributed by atoms with Gasteiger partial charge in [0.25, 0.3) is 0 Å². The molecule has 4 atom stereocenters. The van der Waals surface area contributed by atoms with Crippen LogP contribution in [-0.4, -0.2) is 5.90 Å². The SMILES string of the molecule is CC1C2(c3ccc(Br)cc3)OC(=N)C1(C#N)C(C#N)(C#N)C(c1cccs1)O2. The number of nitrogens with zero attached hydrogens (tertiary/aromatic N) is 3. The molecule has 2 aliphatic rings. The average Bonchev–Trinajstić information content (AvgIpc) is 3.28. The van der Waals surface area contributed by atoms with Crippen LogP contribution in [0.1, 0.15) is 23.5 Å². The van der Waals surface area contributed by atoms with Gasteiger partial charge in [0.1, 0.15) is 6.10 Å². The van der Waals surface area contributed by atoms with Crippen molar-refractivity contribution in [3.05, 3.63) is 56.7 Å². The number of nitrogens with one attached hydrogen (secondary N) is 1. The van der Waals surface area contributed by atoms with E-state index in [0.29, 0.717) is 10.4 Å². The molecule has 2 aliphatic heterocycles. The summed E-state index contributed by atoms with van der Waals surface area (Å²) in [6.07, 6.45) is -1.04. The number of hydrogen-bond acceptors (Lipinski definition) is 7. The van der Waals surface area contributed by atoms with Crippen LogP contribution >= 0.6 is 27.3 Å². The predicted octanol–water partition coefficient (Wildman–Crippen LogP) is 4.62. The Morgan fingerprint density at radius 2 is 1.79 bits per heavy atom. The molecule has 0 spiro atoms. The summed E-state index contributed by atoms with van der Waals surface area (Å²) in [6.45, 7) is 1.70. The standard InChI is InChI=1S/C20H13BrN4O2S/c1-12-19(11-24)17(25)27-20(12,13-4-6-14(21)7-5-13)26-16(15-3-2-8-28-15)18(19,9-22)10-23/h2-8,12,16,25H,1H3. The molecule has 2 fully saturated rings. The van der Waals surface area contributed by atoms with Gasteiger partial charge >= 0.3 is 0 Å². The number of nitriles is 3. The second kappa shape index (κ2) is 6.15. The number of halogens is 1. The number of benzene rings is 1. The van der Waals surface area contributed by atoms with Crippen LogP contribution in [0.2, 0.25) is 0 Å². The number of fused-ring (bicyclic) bond motifs is 2. The van der Waals surface area contributed by atoms with Gasteiger partial charge in [-0.2, -0.15) is 15.8 Å². The smallest absolute Gasteiger partial charge is 0.244 e. The fourth-order valence-electron chi connectivity index (χ4n) is 4.24. The van der Waals surface area contributed by atoms with Gasteiger partial charge in [0.15, 0.2) is 5.41 Å². The van der Waals surface area contributed by atoms with Crippen LogP contribution in [0.4, 0.5) is 0 Å². The fraction of sp³-hybridized carbons (Fsp3) is 0.300. The van der Waals surface area contributed by atoms with E-state index in [4.69, 9.17) is 14.9 Å². The third-order valence-corrected chi connectivity index (χ3v) is 7.16. The molecule has 4 unspecified atom stereocenters. The Hall–Kier alpha value is -2.70. The van der Waals surface area contributed by atoms with Crippen molar-refractivity contribution in [2.45, 2.75) is 18.8 Å². The Morgan fingerprint density at radius 3 is 2.32 bits per heavy atom. The maximum Gasteiger partial charge on any atom is 0.244 e.